The highest BCUT2D eigenvalue weighted by molar-refractivity contribution is 5.33. The molecule has 16 heavy (non-hydrogen) atoms. The number of aromatic nitrogens is 2. The fourth-order valence-corrected chi connectivity index (χ4v) is 2.48. The highest BCUT2D eigenvalue weighted by Crippen LogP contribution is 2.20. The predicted molar refractivity (Wildman–Crippen MR) is 66.7 cm³/mol. The summed E-state index contributed by atoms with van der Waals surface area (Å²) in [7, 11) is 0. The van der Waals surface area contributed by atoms with Gasteiger partial charge in [-0.05, 0) is 40.5 Å². The van der Waals surface area contributed by atoms with Crippen LogP contribution >= 0.6 is 0 Å². The topological polar surface area (TPSA) is 20.8 Å². The summed E-state index contributed by atoms with van der Waals surface area (Å²) in [4.78, 5) is 0. The monoisotopic (exact) mass is 222 g/mol. The van der Waals surface area contributed by atoms with Crippen LogP contribution in [-0.4, -0.2) is 10.6 Å². The fourth-order valence-electron chi connectivity index (χ4n) is 2.48. The highest BCUT2D eigenvalue weighted by atomic mass is 15.2. The number of rotatable bonds is 3. The summed E-state index contributed by atoms with van der Waals surface area (Å²) in [6.45, 7) is 10.1. The van der Waals surface area contributed by atoms with E-state index in [0.29, 0.717) is 12.1 Å². The molecule has 0 saturated heterocycles. The van der Waals surface area contributed by atoms with Crippen molar-refractivity contribution in [1.82, 2.24) is 4.57 Å². The molecule has 3 heteroatoms. The molecule has 1 aliphatic heterocycles. The first kappa shape index (κ1) is 11.5. The third kappa shape index (κ3) is 2.08. The van der Waals surface area contributed by atoms with Gasteiger partial charge in [0, 0.05) is 12.5 Å². The van der Waals surface area contributed by atoms with Gasteiger partial charge in [-0.3, -0.25) is 0 Å². The van der Waals surface area contributed by atoms with Crippen molar-refractivity contribution in [3.05, 3.63) is 12.0 Å². The number of nitrogens with zero attached hydrogens (tertiary/aromatic N) is 2. The van der Waals surface area contributed by atoms with E-state index in [9.17, 15) is 0 Å². The number of imidazole rings is 1. The van der Waals surface area contributed by atoms with Crippen LogP contribution in [0.15, 0.2) is 6.20 Å². The van der Waals surface area contributed by atoms with Crippen LogP contribution in [0.5, 0.6) is 0 Å². The van der Waals surface area contributed by atoms with Crippen LogP contribution in [0.3, 0.4) is 0 Å². The first-order valence-corrected chi connectivity index (χ1v) is 6.49. The molecule has 90 valence electrons. The van der Waals surface area contributed by atoms with Crippen LogP contribution in [0.25, 0.3) is 0 Å². The second-order valence-corrected chi connectivity index (χ2v) is 5.34. The minimum Gasteiger partial charge on any atom is -0.347 e. The maximum Gasteiger partial charge on any atom is 0.258 e. The maximum atomic E-state index is 3.55. The van der Waals surface area contributed by atoms with Gasteiger partial charge in [0.2, 0.25) is 5.82 Å². The third-order valence-corrected chi connectivity index (χ3v) is 3.19. The van der Waals surface area contributed by atoms with Gasteiger partial charge in [0.1, 0.15) is 0 Å². The molecule has 2 rings (SSSR count). The SMILES string of the molecule is CC(C)Nc1c[n+](C(C)C)c2n1CCCC2. The maximum absolute atomic E-state index is 3.55. The minimum atomic E-state index is 0.501. The van der Waals surface area contributed by atoms with E-state index in [2.05, 4.69) is 48.3 Å². The van der Waals surface area contributed by atoms with Gasteiger partial charge in [0.15, 0.2) is 6.20 Å². The lowest BCUT2D eigenvalue weighted by Gasteiger charge is -2.13. The van der Waals surface area contributed by atoms with Gasteiger partial charge < -0.3 is 5.32 Å². The zero-order valence-electron chi connectivity index (χ0n) is 11.0. The predicted octanol–water partition coefficient (Wildman–Crippen LogP) is 2.51. The molecule has 0 fully saturated rings. The molecule has 0 radical (unpaired) electrons. The molecule has 0 atom stereocenters. The molecule has 0 saturated carbocycles. The average molecular weight is 222 g/mol. The van der Waals surface area contributed by atoms with Gasteiger partial charge >= 0.3 is 0 Å². The summed E-state index contributed by atoms with van der Waals surface area (Å²) in [6.07, 6.45) is 6.15. The zero-order valence-corrected chi connectivity index (χ0v) is 11.0. The Labute approximate surface area is 98.5 Å². The molecule has 0 aromatic carbocycles. The summed E-state index contributed by atoms with van der Waals surface area (Å²) in [6, 6.07) is 1.06. The summed E-state index contributed by atoms with van der Waals surface area (Å²) in [5.41, 5.74) is 0. The van der Waals surface area contributed by atoms with Crippen LogP contribution in [0.4, 0.5) is 5.82 Å². The van der Waals surface area contributed by atoms with Crippen molar-refractivity contribution in [2.24, 2.45) is 0 Å². The Morgan fingerprint density at radius 3 is 2.62 bits per heavy atom. The third-order valence-electron chi connectivity index (χ3n) is 3.19. The Hall–Kier alpha value is -0.990. The van der Waals surface area contributed by atoms with E-state index >= 15 is 0 Å². The second-order valence-electron chi connectivity index (χ2n) is 5.34. The van der Waals surface area contributed by atoms with E-state index in [1.807, 2.05) is 0 Å². The van der Waals surface area contributed by atoms with Crippen LogP contribution in [-0.2, 0) is 13.0 Å². The van der Waals surface area contributed by atoms with Crippen LogP contribution < -0.4 is 9.88 Å². The van der Waals surface area contributed by atoms with Gasteiger partial charge in [-0.1, -0.05) is 0 Å². The molecular weight excluding hydrogens is 198 g/mol. The zero-order chi connectivity index (χ0) is 11.7. The summed E-state index contributed by atoms with van der Waals surface area (Å²) in [5.74, 6) is 2.78. The number of fused-ring (bicyclic) bond motifs is 1. The van der Waals surface area contributed by atoms with E-state index in [0.717, 1.165) is 0 Å². The van der Waals surface area contributed by atoms with Crippen molar-refractivity contribution in [2.75, 3.05) is 5.32 Å². The number of anilines is 1. The Morgan fingerprint density at radius 1 is 1.25 bits per heavy atom. The minimum absolute atomic E-state index is 0.501. The van der Waals surface area contributed by atoms with E-state index < -0.39 is 0 Å². The largest absolute Gasteiger partial charge is 0.347 e. The highest BCUT2D eigenvalue weighted by Gasteiger charge is 2.27. The normalized spacial score (nSPS) is 15.6. The first-order valence-electron chi connectivity index (χ1n) is 6.49. The lowest BCUT2D eigenvalue weighted by Crippen LogP contribution is -2.40. The van der Waals surface area contributed by atoms with Crippen molar-refractivity contribution < 1.29 is 4.57 Å². The molecular formula is C13H24N3+. The van der Waals surface area contributed by atoms with Crippen molar-refractivity contribution in [3.8, 4) is 0 Å². The molecule has 0 aliphatic carbocycles. The molecule has 0 amide bonds. The fraction of sp³-hybridized carbons (Fsp3) is 0.769. The molecule has 1 aromatic rings. The average Bonchev–Trinajstić information content (AvgIpc) is 2.57. The molecule has 0 bridgehead atoms. The molecule has 1 N–H and O–H groups in total. The van der Waals surface area contributed by atoms with Crippen LogP contribution in [0.1, 0.15) is 52.4 Å². The van der Waals surface area contributed by atoms with Crippen molar-refractivity contribution in [1.29, 1.82) is 0 Å². The van der Waals surface area contributed by atoms with Gasteiger partial charge in [0.05, 0.1) is 12.6 Å². The Bertz CT molecular complexity index is 363. The van der Waals surface area contributed by atoms with Gasteiger partial charge in [0.25, 0.3) is 5.82 Å². The Morgan fingerprint density at radius 2 is 2.00 bits per heavy atom. The van der Waals surface area contributed by atoms with Crippen molar-refractivity contribution in [2.45, 2.75) is 65.6 Å². The molecule has 0 spiro atoms. The van der Waals surface area contributed by atoms with Crippen molar-refractivity contribution in [3.63, 3.8) is 0 Å². The summed E-state index contributed by atoms with van der Waals surface area (Å²) in [5, 5.41) is 3.55. The number of hydrogen-bond acceptors (Lipinski definition) is 1. The summed E-state index contributed by atoms with van der Waals surface area (Å²) < 4.78 is 4.88. The quantitative estimate of drug-likeness (QED) is 0.779. The van der Waals surface area contributed by atoms with Crippen LogP contribution in [0.2, 0.25) is 0 Å². The molecule has 1 aliphatic rings. The van der Waals surface area contributed by atoms with E-state index in [4.69, 9.17) is 0 Å². The summed E-state index contributed by atoms with van der Waals surface area (Å²) >= 11 is 0. The molecule has 0 unspecified atom stereocenters. The lowest BCUT2D eigenvalue weighted by atomic mass is 10.1. The van der Waals surface area contributed by atoms with E-state index in [1.54, 1.807) is 0 Å². The molecule has 1 aromatic heterocycles. The van der Waals surface area contributed by atoms with Gasteiger partial charge in [-0.15, -0.1) is 0 Å². The van der Waals surface area contributed by atoms with E-state index in [1.165, 1.54) is 37.4 Å². The lowest BCUT2D eigenvalue weighted by molar-refractivity contribution is -0.722. The molecule has 3 nitrogen and oxygen atoms in total. The van der Waals surface area contributed by atoms with E-state index in [-0.39, 0.29) is 0 Å². The van der Waals surface area contributed by atoms with Crippen LogP contribution in [0, 0.1) is 0 Å². The second kappa shape index (κ2) is 4.48. The smallest absolute Gasteiger partial charge is 0.258 e. The van der Waals surface area contributed by atoms with Gasteiger partial charge in [-0.25, -0.2) is 9.13 Å². The number of hydrogen-bond donors (Lipinski definition) is 1. The molecule has 2 heterocycles. The first-order chi connectivity index (χ1) is 7.59. The standard InChI is InChI=1S/C13H24N3/c1-10(2)14-12-9-16(11(3)4)13-7-5-6-8-15(12)13/h9-11,14H,5-8H2,1-4H3/q+1. The van der Waals surface area contributed by atoms with Gasteiger partial charge in [-0.2, -0.15) is 0 Å². The Kier molecular flexibility index (Phi) is 3.22. The Balaban J connectivity index is 2.38. The van der Waals surface area contributed by atoms with Crippen molar-refractivity contribution >= 4 is 5.82 Å². The number of nitrogens with one attached hydrogen (secondary N) is 1.